The van der Waals surface area contributed by atoms with Gasteiger partial charge in [0.25, 0.3) is 0 Å². The van der Waals surface area contributed by atoms with Crippen LogP contribution in [0.5, 0.6) is 0 Å². The van der Waals surface area contributed by atoms with E-state index in [0.29, 0.717) is 11.1 Å². The van der Waals surface area contributed by atoms with Crippen molar-refractivity contribution in [2.75, 3.05) is 7.11 Å². The minimum absolute atomic E-state index is 0.212. The molecule has 0 aliphatic heterocycles. The summed E-state index contributed by atoms with van der Waals surface area (Å²) in [6.07, 6.45) is 1.20. The molecule has 0 aromatic heterocycles. The molecule has 1 aromatic rings. The van der Waals surface area contributed by atoms with Gasteiger partial charge in [-0.1, -0.05) is 18.7 Å². The number of allylic oxidation sites excluding steroid dienone is 1. The van der Waals surface area contributed by atoms with Crippen molar-refractivity contribution in [3.63, 3.8) is 0 Å². The first-order chi connectivity index (χ1) is 6.69. The molecule has 0 heterocycles. The lowest BCUT2D eigenvalue weighted by atomic mass is 10.1. The van der Waals surface area contributed by atoms with Crippen LogP contribution in [0.1, 0.15) is 20.7 Å². The van der Waals surface area contributed by atoms with Crippen LogP contribution in [-0.4, -0.2) is 18.9 Å². The van der Waals surface area contributed by atoms with Gasteiger partial charge in [-0.3, -0.25) is 4.79 Å². The van der Waals surface area contributed by atoms with Crippen LogP contribution in [0.15, 0.2) is 36.9 Å². The molecule has 14 heavy (non-hydrogen) atoms. The fourth-order valence-electron chi connectivity index (χ4n) is 1.04. The molecule has 3 nitrogen and oxygen atoms in total. The molecule has 0 saturated carbocycles. The van der Waals surface area contributed by atoms with Crippen LogP contribution in [0.3, 0.4) is 0 Å². The van der Waals surface area contributed by atoms with Crippen molar-refractivity contribution in [2.24, 2.45) is 0 Å². The Morgan fingerprint density at radius 1 is 1.36 bits per heavy atom. The Labute approximate surface area is 82.0 Å². The topological polar surface area (TPSA) is 43.4 Å². The number of carbonyl (C=O) groups excluding carboxylic acids is 2. The highest BCUT2D eigenvalue weighted by Gasteiger charge is 2.07. The highest BCUT2D eigenvalue weighted by molar-refractivity contribution is 6.05. The lowest BCUT2D eigenvalue weighted by Crippen LogP contribution is -2.03. The van der Waals surface area contributed by atoms with Gasteiger partial charge in [0.15, 0.2) is 5.78 Å². The third-order valence-electron chi connectivity index (χ3n) is 1.75. The SMILES string of the molecule is C=CC(=O)c1cccc(C(=O)OC)c1. The van der Waals surface area contributed by atoms with Gasteiger partial charge in [-0.15, -0.1) is 0 Å². The lowest BCUT2D eigenvalue weighted by molar-refractivity contribution is 0.0600. The van der Waals surface area contributed by atoms with E-state index in [4.69, 9.17) is 0 Å². The van der Waals surface area contributed by atoms with E-state index >= 15 is 0 Å². The summed E-state index contributed by atoms with van der Waals surface area (Å²) >= 11 is 0. The number of hydrogen-bond donors (Lipinski definition) is 0. The van der Waals surface area contributed by atoms with Crippen molar-refractivity contribution in [1.82, 2.24) is 0 Å². The molecule has 0 spiro atoms. The van der Waals surface area contributed by atoms with E-state index < -0.39 is 5.97 Å². The van der Waals surface area contributed by atoms with Gasteiger partial charge < -0.3 is 4.74 Å². The fourth-order valence-corrected chi connectivity index (χ4v) is 1.04. The van der Waals surface area contributed by atoms with Crippen molar-refractivity contribution in [1.29, 1.82) is 0 Å². The summed E-state index contributed by atoms with van der Waals surface area (Å²) in [5, 5.41) is 0. The van der Waals surface area contributed by atoms with Crippen LogP contribution in [0.4, 0.5) is 0 Å². The number of benzene rings is 1. The summed E-state index contributed by atoms with van der Waals surface area (Å²) in [6, 6.07) is 6.32. The predicted molar refractivity (Wildman–Crippen MR) is 52.3 cm³/mol. The molecule has 72 valence electrons. The molecular weight excluding hydrogens is 180 g/mol. The van der Waals surface area contributed by atoms with Gasteiger partial charge in [0.05, 0.1) is 12.7 Å². The van der Waals surface area contributed by atoms with Crippen LogP contribution in [0.25, 0.3) is 0 Å². The Bertz CT molecular complexity index is 380. The van der Waals surface area contributed by atoms with E-state index in [9.17, 15) is 9.59 Å². The molecule has 0 atom stereocenters. The van der Waals surface area contributed by atoms with Gasteiger partial charge in [-0.2, -0.15) is 0 Å². The number of carbonyl (C=O) groups is 2. The second kappa shape index (κ2) is 4.37. The number of hydrogen-bond acceptors (Lipinski definition) is 3. The molecule has 0 fully saturated rings. The van der Waals surface area contributed by atoms with E-state index in [1.807, 2.05) is 0 Å². The van der Waals surface area contributed by atoms with Gasteiger partial charge >= 0.3 is 5.97 Å². The minimum Gasteiger partial charge on any atom is -0.465 e. The Morgan fingerprint density at radius 3 is 2.57 bits per heavy atom. The van der Waals surface area contributed by atoms with E-state index in [0.717, 1.165) is 0 Å². The maximum absolute atomic E-state index is 11.2. The molecule has 0 N–H and O–H groups in total. The predicted octanol–water partition coefficient (Wildman–Crippen LogP) is 1.84. The van der Waals surface area contributed by atoms with E-state index in [1.54, 1.807) is 18.2 Å². The highest BCUT2D eigenvalue weighted by atomic mass is 16.5. The molecule has 1 rings (SSSR count). The zero-order chi connectivity index (χ0) is 10.6. The van der Waals surface area contributed by atoms with Gasteiger partial charge in [0, 0.05) is 5.56 Å². The maximum Gasteiger partial charge on any atom is 0.337 e. The smallest absolute Gasteiger partial charge is 0.337 e. The normalized spacial score (nSPS) is 9.21. The summed E-state index contributed by atoms with van der Waals surface area (Å²) < 4.78 is 4.53. The highest BCUT2D eigenvalue weighted by Crippen LogP contribution is 2.07. The number of ether oxygens (including phenoxy) is 1. The molecular formula is C11H10O3. The van der Waals surface area contributed by atoms with Gasteiger partial charge in [0.1, 0.15) is 0 Å². The number of esters is 1. The average Bonchev–Trinajstić information content (AvgIpc) is 2.27. The Kier molecular flexibility index (Phi) is 3.18. The summed E-state index contributed by atoms with van der Waals surface area (Å²) in [5.41, 5.74) is 0.795. The monoisotopic (exact) mass is 190 g/mol. The molecule has 0 saturated heterocycles. The van der Waals surface area contributed by atoms with Crippen molar-refractivity contribution in [3.05, 3.63) is 48.0 Å². The van der Waals surface area contributed by atoms with Crippen LogP contribution < -0.4 is 0 Å². The zero-order valence-electron chi connectivity index (χ0n) is 7.82. The first kappa shape index (κ1) is 10.2. The second-order valence-electron chi connectivity index (χ2n) is 2.64. The van der Waals surface area contributed by atoms with Crippen LogP contribution in [0, 0.1) is 0 Å². The van der Waals surface area contributed by atoms with Gasteiger partial charge in [0.2, 0.25) is 0 Å². The van der Waals surface area contributed by atoms with Crippen molar-refractivity contribution in [2.45, 2.75) is 0 Å². The minimum atomic E-state index is -0.455. The molecule has 3 heteroatoms. The van der Waals surface area contributed by atoms with E-state index in [1.165, 1.54) is 19.3 Å². The zero-order valence-corrected chi connectivity index (χ0v) is 7.82. The van der Waals surface area contributed by atoms with E-state index in [2.05, 4.69) is 11.3 Å². The molecule has 0 unspecified atom stereocenters. The molecule has 0 aliphatic carbocycles. The molecule has 0 aliphatic rings. The van der Waals surface area contributed by atoms with E-state index in [-0.39, 0.29) is 5.78 Å². The van der Waals surface area contributed by atoms with Crippen LogP contribution >= 0.6 is 0 Å². The molecule has 0 radical (unpaired) electrons. The van der Waals surface area contributed by atoms with Crippen molar-refractivity contribution >= 4 is 11.8 Å². The lowest BCUT2D eigenvalue weighted by Gasteiger charge is -2.00. The van der Waals surface area contributed by atoms with Gasteiger partial charge in [-0.05, 0) is 18.2 Å². The second-order valence-corrected chi connectivity index (χ2v) is 2.64. The van der Waals surface area contributed by atoms with Crippen molar-refractivity contribution in [3.8, 4) is 0 Å². The number of methoxy groups -OCH3 is 1. The van der Waals surface area contributed by atoms with Gasteiger partial charge in [-0.25, -0.2) is 4.79 Å². The quantitative estimate of drug-likeness (QED) is 0.415. The van der Waals surface area contributed by atoms with Crippen LogP contribution in [0.2, 0.25) is 0 Å². The largest absolute Gasteiger partial charge is 0.465 e. The summed E-state index contributed by atoms with van der Waals surface area (Å²) in [6.45, 7) is 3.37. The summed E-state index contributed by atoms with van der Waals surface area (Å²) in [7, 11) is 1.30. The Morgan fingerprint density at radius 2 is 2.00 bits per heavy atom. The Hall–Kier alpha value is -1.90. The van der Waals surface area contributed by atoms with Crippen LogP contribution in [-0.2, 0) is 4.74 Å². The maximum atomic E-state index is 11.2. The molecule has 0 amide bonds. The standard InChI is InChI=1S/C11H10O3/c1-3-10(12)8-5-4-6-9(7-8)11(13)14-2/h3-7H,1H2,2H3. The number of rotatable bonds is 3. The molecule has 0 bridgehead atoms. The third-order valence-corrected chi connectivity index (χ3v) is 1.75. The first-order valence-electron chi connectivity index (χ1n) is 4.04. The van der Waals surface area contributed by atoms with Crippen molar-refractivity contribution < 1.29 is 14.3 Å². The summed E-state index contributed by atoms with van der Waals surface area (Å²) in [5.74, 6) is -0.667. The first-order valence-corrected chi connectivity index (χ1v) is 4.04. The Balaban J connectivity index is 3.06. The summed E-state index contributed by atoms with van der Waals surface area (Å²) in [4.78, 5) is 22.3. The average molecular weight is 190 g/mol. The number of ketones is 1. The fraction of sp³-hybridized carbons (Fsp3) is 0.0909. The molecule has 1 aromatic carbocycles. The third kappa shape index (κ3) is 2.07.